The van der Waals surface area contributed by atoms with Crippen LogP contribution in [0.2, 0.25) is 0 Å². The fourth-order valence-corrected chi connectivity index (χ4v) is 1.28. The first-order chi connectivity index (χ1) is 4.61. The van der Waals surface area contributed by atoms with Gasteiger partial charge in [-0.15, -0.1) is 0 Å². The van der Waals surface area contributed by atoms with Crippen LogP contribution in [-0.2, 0) is 0 Å². The van der Waals surface area contributed by atoms with E-state index >= 15 is 0 Å². The van der Waals surface area contributed by atoms with Gasteiger partial charge in [-0.3, -0.25) is 0 Å². The Balaban J connectivity index is 2.40. The smallest absolute Gasteiger partial charge is 0.0225 e. The second kappa shape index (κ2) is 2.75. The predicted octanol–water partition coefficient (Wildman–Crippen LogP) is 1.94. The Morgan fingerprint density at radius 1 is 1.50 bits per heavy atom. The molecule has 0 heterocycles. The van der Waals surface area contributed by atoms with Crippen LogP contribution in [0.3, 0.4) is 0 Å². The summed E-state index contributed by atoms with van der Waals surface area (Å²) in [6, 6.07) is 0.287. The molecule has 1 nitrogen and oxygen atoms in total. The number of allylic oxidation sites excluding steroid dienone is 1. The average Bonchev–Trinajstić information content (AvgIpc) is 1.56. The molecule has 0 saturated carbocycles. The third kappa shape index (κ3) is 1.40. The maximum absolute atomic E-state index is 5.69. The van der Waals surface area contributed by atoms with Crippen LogP contribution in [-0.4, -0.2) is 6.04 Å². The molecule has 0 fully saturated rings. The Labute approximate surface area is 63.3 Å². The zero-order valence-corrected chi connectivity index (χ0v) is 7.09. The van der Waals surface area contributed by atoms with E-state index in [-0.39, 0.29) is 6.04 Å². The van der Waals surface area contributed by atoms with Crippen LogP contribution in [0.4, 0.5) is 0 Å². The highest BCUT2D eigenvalue weighted by atomic mass is 14.6. The van der Waals surface area contributed by atoms with Gasteiger partial charge in [-0.25, -0.2) is 0 Å². The molecular formula is C9H17N. The normalized spacial score (nSPS) is 27.7. The summed E-state index contributed by atoms with van der Waals surface area (Å²) in [7, 11) is 0. The van der Waals surface area contributed by atoms with Crippen LogP contribution in [0.1, 0.15) is 27.2 Å². The lowest BCUT2D eigenvalue weighted by Crippen LogP contribution is -2.27. The molecule has 0 aromatic rings. The third-order valence-electron chi connectivity index (χ3n) is 2.34. The molecule has 0 spiro atoms. The van der Waals surface area contributed by atoms with Gasteiger partial charge in [0.05, 0.1) is 0 Å². The van der Waals surface area contributed by atoms with Crippen molar-refractivity contribution in [1.82, 2.24) is 0 Å². The van der Waals surface area contributed by atoms with Crippen molar-refractivity contribution in [2.75, 3.05) is 0 Å². The van der Waals surface area contributed by atoms with Gasteiger partial charge >= 0.3 is 0 Å². The van der Waals surface area contributed by atoms with Gasteiger partial charge in [0, 0.05) is 6.04 Å². The average molecular weight is 139 g/mol. The van der Waals surface area contributed by atoms with E-state index in [9.17, 15) is 0 Å². The van der Waals surface area contributed by atoms with Gasteiger partial charge in [-0.05, 0) is 25.2 Å². The lowest BCUT2D eigenvalue weighted by molar-refractivity contribution is 0.409. The van der Waals surface area contributed by atoms with E-state index in [2.05, 4.69) is 26.8 Å². The lowest BCUT2D eigenvalue weighted by atomic mass is 9.77. The van der Waals surface area contributed by atoms with Crippen molar-refractivity contribution in [3.05, 3.63) is 11.6 Å². The summed E-state index contributed by atoms with van der Waals surface area (Å²) in [6.45, 7) is 6.58. The second-order valence-corrected chi connectivity index (χ2v) is 3.64. The first-order valence-electron chi connectivity index (χ1n) is 4.07. The van der Waals surface area contributed by atoms with Gasteiger partial charge in [-0.1, -0.05) is 25.5 Å². The van der Waals surface area contributed by atoms with Crippen molar-refractivity contribution < 1.29 is 0 Å². The van der Waals surface area contributed by atoms with Crippen molar-refractivity contribution in [3.8, 4) is 0 Å². The fraction of sp³-hybridized carbons (Fsp3) is 0.778. The largest absolute Gasteiger partial charge is 0.324 e. The topological polar surface area (TPSA) is 26.0 Å². The Morgan fingerprint density at radius 2 is 2.00 bits per heavy atom. The monoisotopic (exact) mass is 139 g/mol. The number of hydrogen-bond donors (Lipinski definition) is 1. The molecule has 10 heavy (non-hydrogen) atoms. The Kier molecular flexibility index (Phi) is 2.14. The molecule has 2 N–H and O–H groups in total. The van der Waals surface area contributed by atoms with Gasteiger partial charge < -0.3 is 5.73 Å². The van der Waals surface area contributed by atoms with Crippen LogP contribution in [0.25, 0.3) is 0 Å². The van der Waals surface area contributed by atoms with E-state index in [1.807, 2.05) is 0 Å². The maximum atomic E-state index is 5.69. The molecule has 1 heteroatoms. The molecule has 1 aliphatic rings. The van der Waals surface area contributed by atoms with Crippen molar-refractivity contribution >= 4 is 0 Å². The summed E-state index contributed by atoms with van der Waals surface area (Å²) in [6.07, 6.45) is 3.56. The molecule has 58 valence electrons. The molecule has 2 unspecified atom stereocenters. The zero-order chi connectivity index (χ0) is 7.72. The first kappa shape index (κ1) is 7.80. The molecule has 0 amide bonds. The third-order valence-corrected chi connectivity index (χ3v) is 2.34. The molecule has 0 aromatic carbocycles. The highest BCUT2D eigenvalue weighted by Crippen LogP contribution is 2.32. The van der Waals surface area contributed by atoms with Crippen LogP contribution in [0, 0.1) is 11.8 Å². The van der Waals surface area contributed by atoms with Gasteiger partial charge in [0.1, 0.15) is 0 Å². The van der Waals surface area contributed by atoms with Crippen molar-refractivity contribution in [2.45, 2.75) is 33.2 Å². The molecule has 0 aromatic heterocycles. The number of hydrogen-bond acceptors (Lipinski definition) is 1. The standard InChI is InChI=1S/C9H17N/c1-6(2)8-4-9(5-8)7(3)10/h4,6-8H,5,10H2,1-3H3. The van der Waals surface area contributed by atoms with E-state index in [0.29, 0.717) is 0 Å². The second-order valence-electron chi connectivity index (χ2n) is 3.64. The molecule has 1 rings (SSSR count). The van der Waals surface area contributed by atoms with Crippen molar-refractivity contribution in [1.29, 1.82) is 0 Å². The van der Waals surface area contributed by atoms with Gasteiger partial charge in [0.25, 0.3) is 0 Å². The summed E-state index contributed by atoms with van der Waals surface area (Å²) in [5.41, 5.74) is 7.14. The molecule has 0 radical (unpaired) electrons. The highest BCUT2D eigenvalue weighted by molar-refractivity contribution is 5.21. The quantitative estimate of drug-likeness (QED) is 0.581. The summed E-state index contributed by atoms with van der Waals surface area (Å²) in [5, 5.41) is 0. The lowest BCUT2D eigenvalue weighted by Gasteiger charge is -2.30. The SMILES string of the molecule is CC(N)C1=CC(C(C)C)C1. The summed E-state index contributed by atoms with van der Waals surface area (Å²) in [4.78, 5) is 0. The Morgan fingerprint density at radius 3 is 2.30 bits per heavy atom. The molecular weight excluding hydrogens is 122 g/mol. The Bertz CT molecular complexity index is 145. The summed E-state index contributed by atoms with van der Waals surface area (Å²) in [5.74, 6) is 1.60. The van der Waals surface area contributed by atoms with E-state index in [1.165, 1.54) is 12.0 Å². The first-order valence-corrected chi connectivity index (χ1v) is 4.07. The highest BCUT2D eigenvalue weighted by Gasteiger charge is 2.23. The van der Waals surface area contributed by atoms with Crippen LogP contribution >= 0.6 is 0 Å². The van der Waals surface area contributed by atoms with E-state index in [4.69, 9.17) is 5.73 Å². The van der Waals surface area contributed by atoms with E-state index < -0.39 is 0 Å². The van der Waals surface area contributed by atoms with Crippen molar-refractivity contribution in [3.63, 3.8) is 0 Å². The van der Waals surface area contributed by atoms with E-state index in [0.717, 1.165) is 11.8 Å². The predicted molar refractivity (Wildman–Crippen MR) is 44.7 cm³/mol. The fourth-order valence-electron chi connectivity index (χ4n) is 1.28. The zero-order valence-electron chi connectivity index (χ0n) is 7.09. The van der Waals surface area contributed by atoms with E-state index in [1.54, 1.807) is 0 Å². The molecule has 0 bridgehead atoms. The minimum atomic E-state index is 0.287. The van der Waals surface area contributed by atoms with Gasteiger partial charge in [0.15, 0.2) is 0 Å². The molecule has 2 atom stereocenters. The Hall–Kier alpha value is -0.300. The molecule has 0 saturated heterocycles. The summed E-state index contributed by atoms with van der Waals surface area (Å²) < 4.78 is 0. The number of nitrogens with two attached hydrogens (primary N) is 1. The molecule has 1 aliphatic carbocycles. The van der Waals surface area contributed by atoms with Crippen LogP contribution in [0.5, 0.6) is 0 Å². The van der Waals surface area contributed by atoms with Crippen LogP contribution in [0.15, 0.2) is 11.6 Å². The molecule has 0 aliphatic heterocycles. The van der Waals surface area contributed by atoms with Gasteiger partial charge in [-0.2, -0.15) is 0 Å². The maximum Gasteiger partial charge on any atom is 0.0225 e. The van der Waals surface area contributed by atoms with Crippen LogP contribution < -0.4 is 5.73 Å². The van der Waals surface area contributed by atoms with Crippen molar-refractivity contribution in [2.24, 2.45) is 17.6 Å². The minimum absolute atomic E-state index is 0.287. The number of rotatable bonds is 2. The minimum Gasteiger partial charge on any atom is -0.324 e. The summed E-state index contributed by atoms with van der Waals surface area (Å²) >= 11 is 0. The van der Waals surface area contributed by atoms with Gasteiger partial charge in [0.2, 0.25) is 0 Å².